The molecule has 1 aromatic heterocycles. The summed E-state index contributed by atoms with van der Waals surface area (Å²) < 4.78 is 15.4. The number of hydrogen-bond acceptors (Lipinski definition) is 4. The topological polar surface area (TPSA) is 60.7 Å². The third-order valence-corrected chi connectivity index (χ3v) is 2.72. The summed E-state index contributed by atoms with van der Waals surface area (Å²) in [5, 5.41) is 2.77. The molecule has 1 aromatic carbocycles. The molecule has 19 heavy (non-hydrogen) atoms. The first-order valence-electron chi connectivity index (χ1n) is 5.73. The number of rotatable bonds is 4. The fourth-order valence-corrected chi connectivity index (χ4v) is 1.71. The van der Waals surface area contributed by atoms with Crippen molar-refractivity contribution in [1.29, 1.82) is 0 Å². The normalized spacial score (nSPS) is 10.1. The first-order chi connectivity index (χ1) is 9.15. The Morgan fingerprint density at radius 1 is 1.21 bits per heavy atom. The minimum atomic E-state index is -0.305. The van der Waals surface area contributed by atoms with Gasteiger partial charge in [0.2, 0.25) is 0 Å². The lowest BCUT2D eigenvalue weighted by molar-refractivity contribution is 0.0996. The fraction of sp³-hybridized carbons (Fsp3) is 0.214. The van der Waals surface area contributed by atoms with Gasteiger partial charge in [0, 0.05) is 11.8 Å². The van der Waals surface area contributed by atoms with Crippen LogP contribution in [0.3, 0.4) is 0 Å². The quantitative estimate of drug-likeness (QED) is 0.919. The van der Waals surface area contributed by atoms with Crippen molar-refractivity contribution in [1.82, 2.24) is 0 Å². The van der Waals surface area contributed by atoms with Gasteiger partial charge in [0.1, 0.15) is 0 Å². The standard InChI is InChI=1S/C14H15NO4/c1-9-7-12(17-2)13(18-3)8-10(9)15-14(16)11-5-4-6-19-11/h4-8H,1-3H3,(H,15,16). The fourth-order valence-electron chi connectivity index (χ4n) is 1.71. The van der Waals surface area contributed by atoms with Crippen LogP contribution in [0.15, 0.2) is 34.9 Å². The third kappa shape index (κ3) is 2.70. The van der Waals surface area contributed by atoms with Crippen molar-refractivity contribution >= 4 is 11.6 Å². The molecule has 0 unspecified atom stereocenters. The average Bonchev–Trinajstić information content (AvgIpc) is 2.94. The smallest absolute Gasteiger partial charge is 0.291 e. The van der Waals surface area contributed by atoms with E-state index >= 15 is 0 Å². The van der Waals surface area contributed by atoms with E-state index in [1.807, 2.05) is 6.92 Å². The van der Waals surface area contributed by atoms with Gasteiger partial charge in [-0.1, -0.05) is 0 Å². The van der Waals surface area contributed by atoms with E-state index in [2.05, 4.69) is 5.32 Å². The zero-order valence-electron chi connectivity index (χ0n) is 11.0. The minimum Gasteiger partial charge on any atom is -0.493 e. The maximum atomic E-state index is 11.9. The van der Waals surface area contributed by atoms with Crippen molar-refractivity contribution < 1.29 is 18.7 Å². The molecule has 0 spiro atoms. The lowest BCUT2D eigenvalue weighted by atomic mass is 10.1. The van der Waals surface area contributed by atoms with Gasteiger partial charge in [-0.15, -0.1) is 0 Å². The number of amides is 1. The molecule has 1 heterocycles. The van der Waals surface area contributed by atoms with E-state index in [1.165, 1.54) is 6.26 Å². The van der Waals surface area contributed by atoms with E-state index in [9.17, 15) is 4.79 Å². The molecule has 0 atom stereocenters. The molecule has 1 amide bonds. The molecule has 2 aromatic rings. The van der Waals surface area contributed by atoms with E-state index in [4.69, 9.17) is 13.9 Å². The Labute approximate surface area is 111 Å². The Morgan fingerprint density at radius 3 is 2.47 bits per heavy atom. The predicted octanol–water partition coefficient (Wildman–Crippen LogP) is 2.86. The highest BCUT2D eigenvalue weighted by Crippen LogP contribution is 2.33. The van der Waals surface area contributed by atoms with E-state index in [0.29, 0.717) is 17.2 Å². The van der Waals surface area contributed by atoms with Crippen molar-refractivity contribution in [3.8, 4) is 11.5 Å². The Bertz CT molecular complexity index is 575. The molecule has 0 radical (unpaired) electrons. The lowest BCUT2D eigenvalue weighted by Gasteiger charge is -2.13. The second-order valence-electron chi connectivity index (χ2n) is 3.95. The number of aryl methyl sites for hydroxylation is 1. The summed E-state index contributed by atoms with van der Waals surface area (Å²) in [6, 6.07) is 6.79. The highest BCUT2D eigenvalue weighted by molar-refractivity contribution is 6.02. The second-order valence-corrected chi connectivity index (χ2v) is 3.95. The number of ether oxygens (including phenoxy) is 2. The monoisotopic (exact) mass is 261 g/mol. The molecule has 0 aliphatic rings. The van der Waals surface area contributed by atoms with Crippen molar-refractivity contribution in [2.45, 2.75) is 6.92 Å². The molecule has 1 N–H and O–H groups in total. The Morgan fingerprint density at radius 2 is 1.89 bits per heavy atom. The van der Waals surface area contributed by atoms with Crippen molar-refractivity contribution in [3.05, 3.63) is 41.9 Å². The molecular formula is C14H15NO4. The van der Waals surface area contributed by atoms with Gasteiger partial charge in [-0.05, 0) is 30.7 Å². The van der Waals surface area contributed by atoms with Gasteiger partial charge in [-0.25, -0.2) is 0 Å². The second kappa shape index (κ2) is 5.48. The highest BCUT2D eigenvalue weighted by Gasteiger charge is 2.13. The predicted molar refractivity (Wildman–Crippen MR) is 70.9 cm³/mol. The summed E-state index contributed by atoms with van der Waals surface area (Å²) in [6.45, 7) is 1.87. The summed E-state index contributed by atoms with van der Waals surface area (Å²) in [4.78, 5) is 11.9. The van der Waals surface area contributed by atoms with Gasteiger partial charge in [-0.3, -0.25) is 4.79 Å². The van der Waals surface area contributed by atoms with Gasteiger partial charge >= 0.3 is 0 Å². The number of carbonyl (C=O) groups excluding carboxylic acids is 1. The number of methoxy groups -OCH3 is 2. The van der Waals surface area contributed by atoms with Crippen LogP contribution in [0.25, 0.3) is 0 Å². The van der Waals surface area contributed by atoms with Gasteiger partial charge < -0.3 is 19.2 Å². The van der Waals surface area contributed by atoms with Crippen LogP contribution in [-0.2, 0) is 0 Å². The zero-order chi connectivity index (χ0) is 13.8. The highest BCUT2D eigenvalue weighted by atomic mass is 16.5. The number of nitrogens with one attached hydrogen (secondary N) is 1. The van der Waals surface area contributed by atoms with Crippen molar-refractivity contribution in [2.24, 2.45) is 0 Å². The van der Waals surface area contributed by atoms with Crippen LogP contribution in [0.1, 0.15) is 16.1 Å². The number of furan rings is 1. The lowest BCUT2D eigenvalue weighted by Crippen LogP contribution is -2.12. The molecule has 5 heteroatoms. The molecule has 0 saturated carbocycles. The van der Waals surface area contributed by atoms with Crippen LogP contribution in [0.5, 0.6) is 11.5 Å². The number of hydrogen-bond donors (Lipinski definition) is 1. The Balaban J connectivity index is 2.28. The van der Waals surface area contributed by atoms with Gasteiger partial charge in [0.25, 0.3) is 5.91 Å². The Kier molecular flexibility index (Phi) is 3.75. The van der Waals surface area contributed by atoms with Crippen LogP contribution in [-0.4, -0.2) is 20.1 Å². The van der Waals surface area contributed by atoms with Crippen LogP contribution in [0.4, 0.5) is 5.69 Å². The van der Waals surface area contributed by atoms with Crippen LogP contribution < -0.4 is 14.8 Å². The summed E-state index contributed by atoms with van der Waals surface area (Å²) in [6.07, 6.45) is 1.45. The number of carbonyl (C=O) groups is 1. The summed E-state index contributed by atoms with van der Waals surface area (Å²) in [5.41, 5.74) is 1.52. The molecule has 0 saturated heterocycles. The Hall–Kier alpha value is -2.43. The average molecular weight is 261 g/mol. The van der Waals surface area contributed by atoms with Crippen molar-refractivity contribution in [3.63, 3.8) is 0 Å². The largest absolute Gasteiger partial charge is 0.493 e. The first kappa shape index (κ1) is 13.0. The molecule has 0 aliphatic heterocycles. The zero-order valence-corrected chi connectivity index (χ0v) is 11.0. The number of anilines is 1. The van der Waals surface area contributed by atoms with Crippen molar-refractivity contribution in [2.75, 3.05) is 19.5 Å². The molecule has 0 bridgehead atoms. The van der Waals surface area contributed by atoms with E-state index in [0.717, 1.165) is 5.56 Å². The van der Waals surface area contributed by atoms with Crippen LogP contribution in [0, 0.1) is 6.92 Å². The summed E-state index contributed by atoms with van der Waals surface area (Å²) in [5.74, 6) is 1.13. The maximum absolute atomic E-state index is 11.9. The molecule has 2 rings (SSSR count). The maximum Gasteiger partial charge on any atom is 0.291 e. The van der Waals surface area contributed by atoms with Gasteiger partial charge in [-0.2, -0.15) is 0 Å². The van der Waals surface area contributed by atoms with Crippen LogP contribution in [0.2, 0.25) is 0 Å². The van der Waals surface area contributed by atoms with Gasteiger partial charge in [0.15, 0.2) is 17.3 Å². The summed E-state index contributed by atoms with van der Waals surface area (Å²) in [7, 11) is 3.11. The SMILES string of the molecule is COc1cc(C)c(NC(=O)c2ccco2)cc1OC. The minimum absolute atomic E-state index is 0.259. The molecular weight excluding hydrogens is 246 g/mol. The molecule has 0 fully saturated rings. The van der Waals surface area contributed by atoms with Crippen LogP contribution >= 0.6 is 0 Å². The third-order valence-electron chi connectivity index (χ3n) is 2.72. The number of benzene rings is 1. The van der Waals surface area contributed by atoms with Gasteiger partial charge in [0.05, 0.1) is 20.5 Å². The first-order valence-corrected chi connectivity index (χ1v) is 5.73. The summed E-state index contributed by atoms with van der Waals surface area (Å²) >= 11 is 0. The van der Waals surface area contributed by atoms with E-state index in [1.54, 1.807) is 38.5 Å². The van der Waals surface area contributed by atoms with E-state index in [-0.39, 0.29) is 11.7 Å². The molecule has 100 valence electrons. The molecule has 5 nitrogen and oxygen atoms in total. The van der Waals surface area contributed by atoms with E-state index < -0.39 is 0 Å². The molecule has 0 aliphatic carbocycles.